The third kappa shape index (κ3) is 5.24. The molecule has 0 aliphatic rings. The van der Waals surface area contributed by atoms with Gasteiger partial charge in [0.25, 0.3) is 0 Å². The standard InChI is InChI=1S/C52H34N2S/c1-3-13-35(14-4-1)36-25-29-40(30-26-36)53(49-23-12-21-45-43-18-7-9-22-48(43)54(52(45)49)39-16-5-2-6-17-39)41-31-27-37(28-32-41)42-20-11-15-38-33-47-44-19-8-10-24-50(44)55-51(47)34-46(38)42/h1-34H. The van der Waals surface area contributed by atoms with Crippen LogP contribution in [-0.2, 0) is 0 Å². The van der Waals surface area contributed by atoms with E-state index in [1.165, 1.54) is 75.0 Å². The first-order valence-corrected chi connectivity index (χ1v) is 19.6. The fourth-order valence-corrected chi connectivity index (χ4v) is 9.55. The Morgan fingerprint density at radius 1 is 0.382 bits per heavy atom. The van der Waals surface area contributed by atoms with Gasteiger partial charge in [-0.2, -0.15) is 0 Å². The highest BCUT2D eigenvalue weighted by molar-refractivity contribution is 7.25. The van der Waals surface area contributed by atoms with Crippen molar-refractivity contribution in [2.24, 2.45) is 0 Å². The zero-order valence-corrected chi connectivity index (χ0v) is 30.7. The second-order valence-corrected chi connectivity index (χ2v) is 15.2. The predicted octanol–water partition coefficient (Wildman–Crippen LogP) is 15.1. The lowest BCUT2D eigenvalue weighted by Crippen LogP contribution is -2.11. The van der Waals surface area contributed by atoms with Gasteiger partial charge in [-0.1, -0.05) is 140 Å². The molecule has 55 heavy (non-hydrogen) atoms. The van der Waals surface area contributed by atoms with Crippen LogP contribution in [0.4, 0.5) is 17.1 Å². The summed E-state index contributed by atoms with van der Waals surface area (Å²) in [6.45, 7) is 0. The number of fused-ring (bicyclic) bond motifs is 7. The van der Waals surface area contributed by atoms with Crippen molar-refractivity contribution in [1.29, 1.82) is 0 Å². The second kappa shape index (κ2) is 12.9. The molecule has 0 fully saturated rings. The molecule has 0 aliphatic heterocycles. The van der Waals surface area contributed by atoms with Gasteiger partial charge in [0.05, 0.1) is 16.7 Å². The van der Waals surface area contributed by atoms with E-state index in [0.29, 0.717) is 0 Å². The van der Waals surface area contributed by atoms with Crippen LogP contribution in [0.5, 0.6) is 0 Å². The average Bonchev–Trinajstić information content (AvgIpc) is 3.80. The number of anilines is 3. The maximum Gasteiger partial charge on any atom is 0.0782 e. The maximum absolute atomic E-state index is 2.42. The molecule has 0 atom stereocenters. The lowest BCUT2D eigenvalue weighted by atomic mass is 9.96. The number of rotatable bonds is 6. The van der Waals surface area contributed by atoms with Crippen molar-refractivity contribution in [1.82, 2.24) is 4.57 Å². The molecular formula is C52H34N2S. The predicted molar refractivity (Wildman–Crippen MR) is 237 cm³/mol. The van der Waals surface area contributed by atoms with Crippen molar-refractivity contribution in [2.45, 2.75) is 0 Å². The van der Waals surface area contributed by atoms with Gasteiger partial charge in [-0.25, -0.2) is 0 Å². The first-order valence-electron chi connectivity index (χ1n) is 18.8. The van der Waals surface area contributed by atoms with E-state index in [1.807, 2.05) is 11.3 Å². The molecule has 0 bridgehead atoms. The Morgan fingerprint density at radius 3 is 1.78 bits per heavy atom. The lowest BCUT2D eigenvalue weighted by molar-refractivity contribution is 1.17. The van der Waals surface area contributed by atoms with Crippen molar-refractivity contribution in [3.05, 3.63) is 206 Å². The first-order chi connectivity index (χ1) is 27.3. The van der Waals surface area contributed by atoms with E-state index < -0.39 is 0 Å². The number of benzene rings is 9. The molecule has 11 aromatic rings. The zero-order chi connectivity index (χ0) is 36.3. The lowest BCUT2D eigenvalue weighted by Gasteiger charge is -2.27. The number of thiophene rings is 1. The normalized spacial score (nSPS) is 11.6. The fraction of sp³-hybridized carbons (Fsp3) is 0. The molecule has 2 heterocycles. The van der Waals surface area contributed by atoms with Gasteiger partial charge in [-0.15, -0.1) is 11.3 Å². The Hall–Kier alpha value is -6.94. The summed E-state index contributed by atoms with van der Waals surface area (Å²) in [5.41, 5.74) is 11.7. The highest BCUT2D eigenvalue weighted by Crippen LogP contribution is 2.45. The summed E-state index contributed by atoms with van der Waals surface area (Å²) >= 11 is 1.87. The molecule has 0 spiro atoms. The molecule has 0 amide bonds. The van der Waals surface area contributed by atoms with Gasteiger partial charge in [-0.3, -0.25) is 0 Å². The summed E-state index contributed by atoms with van der Waals surface area (Å²) < 4.78 is 5.08. The summed E-state index contributed by atoms with van der Waals surface area (Å²) in [6.07, 6.45) is 0. The molecule has 0 unspecified atom stereocenters. The van der Waals surface area contributed by atoms with Gasteiger partial charge < -0.3 is 9.47 Å². The van der Waals surface area contributed by atoms with Crippen molar-refractivity contribution >= 4 is 81.1 Å². The van der Waals surface area contributed by atoms with Gasteiger partial charge in [0.1, 0.15) is 0 Å². The summed E-state index contributed by atoms with van der Waals surface area (Å²) in [7, 11) is 0. The Morgan fingerprint density at radius 2 is 1.00 bits per heavy atom. The molecule has 0 radical (unpaired) electrons. The number of para-hydroxylation sites is 3. The molecular weight excluding hydrogens is 685 g/mol. The van der Waals surface area contributed by atoms with Crippen LogP contribution in [0.25, 0.3) is 80.7 Å². The third-order valence-electron chi connectivity index (χ3n) is 11.0. The highest BCUT2D eigenvalue weighted by atomic mass is 32.1. The SMILES string of the molecule is c1ccc(-c2ccc(N(c3ccc(-c4cccc5cc6c(cc45)sc4ccccc46)cc3)c3cccc4c5ccccc5n(-c5ccccc5)c34)cc2)cc1. The van der Waals surface area contributed by atoms with Crippen LogP contribution in [0.3, 0.4) is 0 Å². The Kier molecular flexibility index (Phi) is 7.39. The smallest absolute Gasteiger partial charge is 0.0782 e. The minimum atomic E-state index is 1.10. The number of hydrogen-bond donors (Lipinski definition) is 0. The number of aromatic nitrogens is 1. The summed E-state index contributed by atoms with van der Waals surface area (Å²) in [6, 6.07) is 75.1. The Bertz CT molecular complexity index is 3180. The van der Waals surface area contributed by atoms with Crippen molar-refractivity contribution in [2.75, 3.05) is 4.90 Å². The van der Waals surface area contributed by atoms with Crippen LogP contribution >= 0.6 is 11.3 Å². The van der Waals surface area contributed by atoms with Crippen LogP contribution in [0.2, 0.25) is 0 Å². The molecule has 11 rings (SSSR count). The van der Waals surface area contributed by atoms with Crippen LogP contribution in [0.15, 0.2) is 206 Å². The van der Waals surface area contributed by atoms with Gasteiger partial charge in [-0.05, 0) is 99.8 Å². The minimum absolute atomic E-state index is 1.10. The van der Waals surface area contributed by atoms with Crippen molar-refractivity contribution in [3.63, 3.8) is 0 Å². The molecule has 0 aliphatic carbocycles. The summed E-state index contributed by atoms with van der Waals surface area (Å²) in [5, 5.41) is 7.66. The minimum Gasteiger partial charge on any atom is -0.308 e. The van der Waals surface area contributed by atoms with Gasteiger partial charge in [0.15, 0.2) is 0 Å². The fourth-order valence-electron chi connectivity index (χ4n) is 8.43. The quantitative estimate of drug-likeness (QED) is 0.166. The monoisotopic (exact) mass is 718 g/mol. The van der Waals surface area contributed by atoms with E-state index in [1.54, 1.807) is 0 Å². The molecule has 9 aromatic carbocycles. The largest absolute Gasteiger partial charge is 0.308 e. The van der Waals surface area contributed by atoms with Crippen LogP contribution in [-0.4, -0.2) is 4.57 Å². The van der Waals surface area contributed by atoms with E-state index in [0.717, 1.165) is 22.7 Å². The first kappa shape index (κ1) is 31.6. The Labute approximate surface area is 323 Å². The van der Waals surface area contributed by atoms with Crippen LogP contribution < -0.4 is 4.90 Å². The van der Waals surface area contributed by atoms with Gasteiger partial charge in [0, 0.05) is 48.0 Å². The van der Waals surface area contributed by atoms with E-state index in [-0.39, 0.29) is 0 Å². The molecule has 2 nitrogen and oxygen atoms in total. The molecule has 258 valence electrons. The molecule has 0 saturated carbocycles. The van der Waals surface area contributed by atoms with Gasteiger partial charge >= 0.3 is 0 Å². The topological polar surface area (TPSA) is 8.17 Å². The van der Waals surface area contributed by atoms with Crippen molar-refractivity contribution in [3.8, 4) is 27.9 Å². The molecule has 3 heteroatoms. The van der Waals surface area contributed by atoms with Gasteiger partial charge in [0.2, 0.25) is 0 Å². The third-order valence-corrected chi connectivity index (χ3v) is 12.1. The summed E-state index contributed by atoms with van der Waals surface area (Å²) in [5.74, 6) is 0. The zero-order valence-electron chi connectivity index (χ0n) is 29.9. The number of nitrogens with zero attached hydrogens (tertiary/aromatic N) is 2. The van der Waals surface area contributed by atoms with E-state index >= 15 is 0 Å². The highest BCUT2D eigenvalue weighted by Gasteiger charge is 2.22. The second-order valence-electron chi connectivity index (χ2n) is 14.1. The maximum atomic E-state index is 2.42. The summed E-state index contributed by atoms with van der Waals surface area (Å²) in [4.78, 5) is 2.42. The van der Waals surface area contributed by atoms with E-state index in [2.05, 4.69) is 216 Å². The number of hydrogen-bond acceptors (Lipinski definition) is 2. The molecule has 0 saturated heterocycles. The van der Waals surface area contributed by atoms with Crippen molar-refractivity contribution < 1.29 is 0 Å². The van der Waals surface area contributed by atoms with E-state index in [9.17, 15) is 0 Å². The molecule has 2 aromatic heterocycles. The average molecular weight is 719 g/mol. The Balaban J connectivity index is 1.10. The molecule has 0 N–H and O–H groups in total. The van der Waals surface area contributed by atoms with E-state index in [4.69, 9.17) is 0 Å². The van der Waals surface area contributed by atoms with Crippen LogP contribution in [0.1, 0.15) is 0 Å². The van der Waals surface area contributed by atoms with Crippen LogP contribution in [0, 0.1) is 0 Å².